The first-order valence-corrected chi connectivity index (χ1v) is 6.21. The number of nitrogens with two attached hydrogens (primary N) is 1. The molecule has 0 saturated heterocycles. The van der Waals surface area contributed by atoms with Crippen molar-refractivity contribution in [3.05, 3.63) is 0 Å². The fourth-order valence-corrected chi connectivity index (χ4v) is 4.66. The van der Waals surface area contributed by atoms with Gasteiger partial charge in [0.05, 0.1) is 5.54 Å². The molecule has 4 aliphatic carbocycles. The fourth-order valence-electron chi connectivity index (χ4n) is 4.66. The van der Waals surface area contributed by atoms with E-state index in [0.29, 0.717) is 0 Å². The Kier molecular flexibility index (Phi) is 2.11. The number of rotatable bonds is 2. The van der Waals surface area contributed by atoms with Crippen molar-refractivity contribution in [2.45, 2.75) is 43.7 Å². The lowest BCUT2D eigenvalue weighted by Gasteiger charge is -2.60. The highest BCUT2D eigenvalue weighted by Gasteiger charge is 2.59. The average Bonchev–Trinajstić information content (AvgIpc) is 2.23. The molecule has 0 aliphatic heterocycles. The molecule has 0 aromatic rings. The van der Waals surface area contributed by atoms with Crippen molar-refractivity contribution in [3.8, 4) is 0 Å². The molecular formula is C12H19NO3. The highest BCUT2D eigenvalue weighted by Crippen LogP contribution is 2.58. The fraction of sp³-hybridized carbons (Fsp3) is 0.917. The second-order valence-electron chi connectivity index (χ2n) is 6.05. The normalized spacial score (nSPS) is 51.6. The van der Waals surface area contributed by atoms with Crippen LogP contribution in [0.4, 0.5) is 0 Å². The minimum Gasteiger partial charge on any atom is -0.479 e. The summed E-state index contributed by atoms with van der Waals surface area (Å²) in [5.74, 6) is 0.750. The van der Waals surface area contributed by atoms with Crippen molar-refractivity contribution < 1.29 is 15.0 Å². The molecule has 4 heteroatoms. The molecule has 4 N–H and O–H groups in total. The van der Waals surface area contributed by atoms with E-state index < -0.39 is 17.6 Å². The Morgan fingerprint density at radius 3 is 1.94 bits per heavy atom. The summed E-state index contributed by atoms with van der Waals surface area (Å²) in [6.45, 7) is 0. The number of aliphatic hydroxyl groups is 1. The van der Waals surface area contributed by atoms with Gasteiger partial charge in [-0.25, -0.2) is 4.79 Å². The molecular weight excluding hydrogens is 206 g/mol. The van der Waals surface area contributed by atoms with Gasteiger partial charge in [0.15, 0.2) is 6.10 Å². The van der Waals surface area contributed by atoms with Crippen LogP contribution in [-0.4, -0.2) is 27.8 Å². The van der Waals surface area contributed by atoms with E-state index in [1.807, 2.05) is 0 Å². The van der Waals surface area contributed by atoms with E-state index in [0.717, 1.165) is 37.5 Å². The van der Waals surface area contributed by atoms with Crippen molar-refractivity contribution in [3.63, 3.8) is 0 Å². The smallest absolute Gasteiger partial charge is 0.334 e. The van der Waals surface area contributed by atoms with Gasteiger partial charge in [-0.3, -0.25) is 0 Å². The number of carboxylic acids is 1. The molecule has 1 unspecified atom stereocenters. The Bertz CT molecular complexity index is 300. The van der Waals surface area contributed by atoms with Crippen LogP contribution in [0.3, 0.4) is 0 Å². The zero-order valence-corrected chi connectivity index (χ0v) is 9.30. The second kappa shape index (κ2) is 3.20. The second-order valence-corrected chi connectivity index (χ2v) is 6.05. The van der Waals surface area contributed by atoms with E-state index in [2.05, 4.69) is 0 Å². The molecule has 4 nitrogen and oxygen atoms in total. The first-order valence-electron chi connectivity index (χ1n) is 6.21. The van der Waals surface area contributed by atoms with Crippen LogP contribution in [0.15, 0.2) is 0 Å². The lowest BCUT2D eigenvalue weighted by molar-refractivity contribution is -0.165. The summed E-state index contributed by atoms with van der Waals surface area (Å²) in [6.07, 6.45) is 4.00. The third kappa shape index (κ3) is 1.20. The topological polar surface area (TPSA) is 83.5 Å². The Hall–Kier alpha value is -0.610. The molecule has 1 atom stereocenters. The van der Waals surface area contributed by atoms with Gasteiger partial charge in [-0.05, 0) is 55.8 Å². The van der Waals surface area contributed by atoms with E-state index in [9.17, 15) is 9.90 Å². The standard InChI is InChI=1S/C12H19NO3/c13-12(10(14)11(15)16)8-2-6-1-7(4-8)5-9(12)3-6/h6-10,14H,1-5,13H2,(H,15,16). The maximum absolute atomic E-state index is 11.0. The molecule has 0 heterocycles. The SMILES string of the molecule is NC1(C(O)C(=O)O)C2CC3CC(C2)CC1C3. The summed E-state index contributed by atoms with van der Waals surface area (Å²) in [5, 5.41) is 18.9. The lowest BCUT2D eigenvalue weighted by atomic mass is 9.47. The number of hydrogen-bond donors (Lipinski definition) is 3. The third-order valence-electron chi connectivity index (χ3n) is 5.26. The Morgan fingerprint density at radius 2 is 1.56 bits per heavy atom. The maximum atomic E-state index is 11.0. The van der Waals surface area contributed by atoms with Crippen LogP contribution in [-0.2, 0) is 4.79 Å². The number of aliphatic hydroxyl groups excluding tert-OH is 1. The predicted molar refractivity (Wildman–Crippen MR) is 57.6 cm³/mol. The number of carbonyl (C=O) groups is 1. The van der Waals surface area contributed by atoms with Crippen LogP contribution in [0, 0.1) is 23.7 Å². The van der Waals surface area contributed by atoms with Crippen molar-refractivity contribution in [2.75, 3.05) is 0 Å². The number of aliphatic carboxylic acids is 1. The minimum absolute atomic E-state index is 0.217. The zero-order chi connectivity index (χ0) is 11.5. The van der Waals surface area contributed by atoms with Gasteiger partial charge in [-0.1, -0.05) is 0 Å². The van der Waals surface area contributed by atoms with Crippen molar-refractivity contribution >= 4 is 5.97 Å². The van der Waals surface area contributed by atoms with Gasteiger partial charge in [-0.2, -0.15) is 0 Å². The first-order chi connectivity index (χ1) is 7.51. The summed E-state index contributed by atoms with van der Waals surface area (Å²) >= 11 is 0. The van der Waals surface area contributed by atoms with Gasteiger partial charge in [0.25, 0.3) is 0 Å². The van der Waals surface area contributed by atoms with E-state index in [1.54, 1.807) is 0 Å². The van der Waals surface area contributed by atoms with Crippen molar-refractivity contribution in [1.29, 1.82) is 0 Å². The Labute approximate surface area is 94.8 Å². The summed E-state index contributed by atoms with van der Waals surface area (Å²) in [4.78, 5) is 11.0. The quantitative estimate of drug-likeness (QED) is 0.642. The minimum atomic E-state index is -1.39. The molecule has 4 fully saturated rings. The summed E-state index contributed by atoms with van der Waals surface area (Å²) in [6, 6.07) is 0. The van der Waals surface area contributed by atoms with Gasteiger partial charge in [0, 0.05) is 0 Å². The molecule has 4 bridgehead atoms. The molecule has 4 saturated carbocycles. The summed E-state index contributed by atoms with van der Waals surface area (Å²) in [7, 11) is 0. The maximum Gasteiger partial charge on any atom is 0.334 e. The van der Waals surface area contributed by atoms with E-state index in [1.165, 1.54) is 6.42 Å². The van der Waals surface area contributed by atoms with E-state index in [-0.39, 0.29) is 11.8 Å². The van der Waals surface area contributed by atoms with E-state index >= 15 is 0 Å². The van der Waals surface area contributed by atoms with Crippen LogP contribution >= 0.6 is 0 Å². The van der Waals surface area contributed by atoms with Gasteiger partial charge in [-0.15, -0.1) is 0 Å². The molecule has 0 amide bonds. The molecule has 90 valence electrons. The third-order valence-corrected chi connectivity index (χ3v) is 5.26. The van der Waals surface area contributed by atoms with Crippen LogP contribution in [0.2, 0.25) is 0 Å². The van der Waals surface area contributed by atoms with Crippen LogP contribution in [0.1, 0.15) is 32.1 Å². The number of carboxylic acid groups (broad SMARTS) is 1. The van der Waals surface area contributed by atoms with Crippen molar-refractivity contribution in [2.24, 2.45) is 29.4 Å². The molecule has 0 aromatic heterocycles. The predicted octanol–water partition coefficient (Wildman–Crippen LogP) is 0.585. The number of hydrogen-bond acceptors (Lipinski definition) is 3. The molecule has 0 spiro atoms. The largest absolute Gasteiger partial charge is 0.479 e. The summed E-state index contributed by atoms with van der Waals surface area (Å²) < 4.78 is 0. The highest BCUT2D eigenvalue weighted by atomic mass is 16.4. The van der Waals surface area contributed by atoms with Crippen LogP contribution < -0.4 is 5.73 Å². The lowest BCUT2D eigenvalue weighted by Crippen LogP contribution is -2.70. The molecule has 4 rings (SSSR count). The first kappa shape index (κ1) is 10.5. The van der Waals surface area contributed by atoms with Gasteiger partial charge < -0.3 is 15.9 Å². The van der Waals surface area contributed by atoms with Gasteiger partial charge in [0.1, 0.15) is 0 Å². The van der Waals surface area contributed by atoms with Gasteiger partial charge in [0.2, 0.25) is 0 Å². The van der Waals surface area contributed by atoms with E-state index in [4.69, 9.17) is 10.8 Å². The molecule has 0 radical (unpaired) electrons. The zero-order valence-electron chi connectivity index (χ0n) is 9.30. The highest BCUT2D eigenvalue weighted by molar-refractivity contribution is 5.74. The average molecular weight is 225 g/mol. The van der Waals surface area contributed by atoms with Crippen LogP contribution in [0.5, 0.6) is 0 Å². The summed E-state index contributed by atoms with van der Waals surface area (Å²) in [5.41, 5.74) is 5.44. The Morgan fingerprint density at radius 1 is 1.12 bits per heavy atom. The van der Waals surface area contributed by atoms with Crippen LogP contribution in [0.25, 0.3) is 0 Å². The van der Waals surface area contributed by atoms with Gasteiger partial charge >= 0.3 is 5.97 Å². The molecule has 4 aliphatic rings. The van der Waals surface area contributed by atoms with Crippen molar-refractivity contribution in [1.82, 2.24) is 0 Å². The molecule has 0 aromatic carbocycles. The Balaban J connectivity index is 1.93. The monoisotopic (exact) mass is 225 g/mol. The molecule has 16 heavy (non-hydrogen) atoms.